The van der Waals surface area contributed by atoms with Crippen molar-refractivity contribution in [3.8, 4) is 0 Å². The lowest BCUT2D eigenvalue weighted by Crippen LogP contribution is -1.76. The van der Waals surface area contributed by atoms with Crippen molar-refractivity contribution >= 4 is 76.6 Å². The summed E-state index contributed by atoms with van der Waals surface area (Å²) in [6, 6.07) is 11.7. The molecule has 2 rings (SSSR count). The molecule has 94 valence electrons. The third-order valence-corrected chi connectivity index (χ3v) is 7.32. The van der Waals surface area contributed by atoms with Gasteiger partial charge >= 0.3 is 0 Å². The Morgan fingerprint density at radius 1 is 0.722 bits per heavy atom. The third kappa shape index (κ3) is 3.62. The van der Waals surface area contributed by atoms with Crippen LogP contribution < -0.4 is 0 Å². The van der Waals surface area contributed by atoms with E-state index >= 15 is 0 Å². The van der Waals surface area contributed by atoms with E-state index in [0.29, 0.717) is 0 Å². The Balaban J connectivity index is 2.17. The van der Waals surface area contributed by atoms with Gasteiger partial charge < -0.3 is 0 Å². The largest absolute Gasteiger partial charge is 0.0818 e. The fourth-order valence-corrected chi connectivity index (χ4v) is 5.13. The van der Waals surface area contributed by atoms with Gasteiger partial charge in [-0.1, -0.05) is 56.9 Å². The van der Waals surface area contributed by atoms with Crippen LogP contribution in [0.3, 0.4) is 0 Å². The van der Waals surface area contributed by atoms with E-state index in [2.05, 4.69) is 31.9 Å². The standard InChI is InChI=1S/C12H6Br2Cl2S2/c13-7-3-1-5-9(11(7)15)17-18-10-6-2-4-8(14)12(10)16/h1-6H. The molecule has 0 nitrogen and oxygen atoms in total. The number of hydrogen-bond donors (Lipinski definition) is 0. The molecule has 0 spiro atoms. The molecule has 0 radical (unpaired) electrons. The van der Waals surface area contributed by atoms with Crippen LogP contribution in [0.5, 0.6) is 0 Å². The lowest BCUT2D eigenvalue weighted by molar-refractivity contribution is 1.44. The lowest BCUT2D eigenvalue weighted by Gasteiger charge is -2.07. The topological polar surface area (TPSA) is 0 Å². The van der Waals surface area contributed by atoms with E-state index in [4.69, 9.17) is 23.2 Å². The van der Waals surface area contributed by atoms with Crippen LogP contribution in [0, 0.1) is 0 Å². The molecule has 0 aliphatic rings. The van der Waals surface area contributed by atoms with Gasteiger partial charge in [-0.2, -0.15) is 0 Å². The molecule has 0 bridgehead atoms. The molecule has 18 heavy (non-hydrogen) atoms. The number of hydrogen-bond acceptors (Lipinski definition) is 2. The Hall–Kier alpha value is 0.680. The minimum atomic E-state index is 0.723. The number of rotatable bonds is 3. The minimum absolute atomic E-state index is 0.723. The maximum Gasteiger partial charge on any atom is 0.0692 e. The van der Waals surface area contributed by atoms with E-state index in [0.717, 1.165) is 28.8 Å². The highest BCUT2D eigenvalue weighted by Crippen LogP contribution is 2.45. The van der Waals surface area contributed by atoms with Crippen LogP contribution in [0.25, 0.3) is 0 Å². The van der Waals surface area contributed by atoms with Gasteiger partial charge in [0.15, 0.2) is 0 Å². The summed E-state index contributed by atoms with van der Waals surface area (Å²) in [6.45, 7) is 0. The van der Waals surface area contributed by atoms with Crippen LogP contribution in [-0.4, -0.2) is 0 Å². The molecular weight excluding hydrogens is 439 g/mol. The maximum atomic E-state index is 6.21. The van der Waals surface area contributed by atoms with Crippen molar-refractivity contribution in [2.45, 2.75) is 9.79 Å². The van der Waals surface area contributed by atoms with Crippen LogP contribution in [-0.2, 0) is 0 Å². The van der Waals surface area contributed by atoms with Crippen LogP contribution >= 0.6 is 76.6 Å². The van der Waals surface area contributed by atoms with Crippen LogP contribution in [0.1, 0.15) is 0 Å². The predicted molar refractivity (Wildman–Crippen MR) is 90.0 cm³/mol. The zero-order valence-electron chi connectivity index (χ0n) is 8.79. The van der Waals surface area contributed by atoms with Gasteiger partial charge in [0.1, 0.15) is 0 Å². The molecule has 0 atom stereocenters. The van der Waals surface area contributed by atoms with Gasteiger partial charge in [-0.15, -0.1) is 0 Å². The second-order valence-electron chi connectivity index (χ2n) is 3.27. The molecular formula is C12H6Br2Cl2S2. The highest BCUT2D eigenvalue weighted by atomic mass is 79.9. The van der Waals surface area contributed by atoms with E-state index in [1.807, 2.05) is 36.4 Å². The zero-order chi connectivity index (χ0) is 13.1. The Labute approximate surface area is 140 Å². The average molecular weight is 445 g/mol. The summed E-state index contributed by atoms with van der Waals surface area (Å²) >= 11 is 19.2. The van der Waals surface area contributed by atoms with Gasteiger partial charge in [0.2, 0.25) is 0 Å². The lowest BCUT2D eigenvalue weighted by atomic mass is 10.4. The normalized spacial score (nSPS) is 10.7. The van der Waals surface area contributed by atoms with Crippen LogP contribution in [0.4, 0.5) is 0 Å². The fourth-order valence-electron chi connectivity index (χ4n) is 1.19. The molecule has 0 aliphatic heterocycles. The number of halogens is 4. The molecule has 2 aromatic carbocycles. The monoisotopic (exact) mass is 442 g/mol. The molecule has 0 fully saturated rings. The Kier molecular flexibility index (Phi) is 5.79. The summed E-state index contributed by atoms with van der Waals surface area (Å²) in [4.78, 5) is 2.01. The van der Waals surface area contributed by atoms with E-state index < -0.39 is 0 Å². The Morgan fingerprint density at radius 3 is 1.50 bits per heavy atom. The van der Waals surface area contributed by atoms with Crippen molar-refractivity contribution in [3.63, 3.8) is 0 Å². The van der Waals surface area contributed by atoms with Gasteiger partial charge in [0.25, 0.3) is 0 Å². The minimum Gasteiger partial charge on any atom is -0.0818 e. The summed E-state index contributed by atoms with van der Waals surface area (Å²) in [5.74, 6) is 0. The quantitative estimate of drug-likeness (QED) is 0.455. The highest BCUT2D eigenvalue weighted by molar-refractivity contribution is 9.11. The summed E-state index contributed by atoms with van der Waals surface area (Å²) in [5.41, 5.74) is 0. The third-order valence-electron chi connectivity index (χ3n) is 2.05. The zero-order valence-corrected chi connectivity index (χ0v) is 15.1. The molecule has 6 heteroatoms. The first-order chi connectivity index (χ1) is 8.59. The molecule has 0 aliphatic carbocycles. The molecule has 0 amide bonds. The van der Waals surface area contributed by atoms with Gasteiger partial charge in [0.05, 0.1) is 10.0 Å². The van der Waals surface area contributed by atoms with Crippen molar-refractivity contribution < 1.29 is 0 Å². The van der Waals surface area contributed by atoms with Gasteiger partial charge in [-0.05, 0) is 56.1 Å². The van der Waals surface area contributed by atoms with Crippen LogP contribution in [0.2, 0.25) is 10.0 Å². The second-order valence-corrected chi connectivity index (χ2v) is 7.95. The molecule has 0 saturated heterocycles. The molecule has 0 unspecified atom stereocenters. The Bertz CT molecular complexity index is 524. The van der Waals surface area contributed by atoms with Gasteiger partial charge in [0, 0.05) is 18.7 Å². The summed E-state index contributed by atoms with van der Waals surface area (Å²) in [6.07, 6.45) is 0. The first kappa shape index (κ1) is 15.1. The predicted octanol–water partition coefficient (Wildman–Crippen LogP) is 7.32. The molecule has 0 heterocycles. The first-order valence-electron chi connectivity index (χ1n) is 4.82. The molecule has 0 N–H and O–H groups in total. The van der Waals surface area contributed by atoms with E-state index in [1.54, 1.807) is 21.6 Å². The highest BCUT2D eigenvalue weighted by Gasteiger charge is 2.09. The van der Waals surface area contributed by atoms with Crippen LogP contribution in [0.15, 0.2) is 55.1 Å². The SMILES string of the molecule is Clc1c(Br)cccc1SSc1cccc(Br)c1Cl. The van der Waals surface area contributed by atoms with Crippen molar-refractivity contribution in [1.29, 1.82) is 0 Å². The van der Waals surface area contributed by atoms with E-state index in [9.17, 15) is 0 Å². The average Bonchev–Trinajstić information content (AvgIpc) is 2.36. The molecule has 0 aromatic heterocycles. The maximum absolute atomic E-state index is 6.21. The smallest absolute Gasteiger partial charge is 0.0692 e. The summed E-state index contributed by atoms with van der Waals surface area (Å²) in [5, 5.41) is 1.45. The van der Waals surface area contributed by atoms with E-state index in [-0.39, 0.29) is 0 Å². The summed E-state index contributed by atoms with van der Waals surface area (Å²) < 4.78 is 1.80. The van der Waals surface area contributed by atoms with Gasteiger partial charge in [-0.25, -0.2) is 0 Å². The first-order valence-corrected chi connectivity index (χ1v) is 9.31. The molecule has 0 saturated carbocycles. The molecule has 2 aromatic rings. The van der Waals surface area contributed by atoms with Crippen molar-refractivity contribution in [2.75, 3.05) is 0 Å². The second kappa shape index (κ2) is 6.91. The number of benzene rings is 2. The van der Waals surface area contributed by atoms with Gasteiger partial charge in [-0.3, -0.25) is 0 Å². The fraction of sp³-hybridized carbons (Fsp3) is 0. The van der Waals surface area contributed by atoms with Crippen molar-refractivity contribution in [2.24, 2.45) is 0 Å². The van der Waals surface area contributed by atoms with Crippen molar-refractivity contribution in [3.05, 3.63) is 55.4 Å². The van der Waals surface area contributed by atoms with E-state index in [1.165, 1.54) is 0 Å². The van der Waals surface area contributed by atoms with Crippen molar-refractivity contribution in [1.82, 2.24) is 0 Å². The summed E-state index contributed by atoms with van der Waals surface area (Å²) in [7, 11) is 3.17. The Morgan fingerprint density at radius 2 is 1.11 bits per heavy atom.